The highest BCUT2D eigenvalue weighted by atomic mass is 16.6. The Labute approximate surface area is 204 Å². The lowest BCUT2D eigenvalue weighted by atomic mass is 9.91. The van der Waals surface area contributed by atoms with Gasteiger partial charge in [0.1, 0.15) is 16.7 Å². The Kier molecular flexibility index (Phi) is 7.10. The lowest BCUT2D eigenvalue weighted by Gasteiger charge is -2.20. The third-order valence-electron chi connectivity index (χ3n) is 6.13. The first-order chi connectivity index (χ1) is 16.7. The molecular formula is C27H32N2O6. The van der Waals surface area contributed by atoms with E-state index in [4.69, 9.17) is 13.9 Å². The molecule has 0 spiro atoms. The van der Waals surface area contributed by atoms with E-state index in [1.165, 1.54) is 31.7 Å². The molecule has 1 saturated carbocycles. The standard InChI is InChI=1S/C27H32N2O6/c1-5-33-25(31)20-15-19-22(30)18-14-17(16-10-8-6-7-9-11-16)12-13-21(18)34-24(19)28-23(20)29-26(32)35-27(2,3)4/h12-16H,5-11H2,1-4H3,(H,28,29,32). The van der Waals surface area contributed by atoms with E-state index in [1.54, 1.807) is 33.8 Å². The summed E-state index contributed by atoms with van der Waals surface area (Å²) in [4.78, 5) is 42.8. The SMILES string of the molecule is CCOC(=O)c1cc2c(=O)c3cc(C4CCCCCC4)ccc3oc2nc1NC(=O)OC(C)(C)C. The largest absolute Gasteiger partial charge is 0.462 e. The van der Waals surface area contributed by atoms with Crippen LogP contribution in [0.15, 0.2) is 33.5 Å². The molecule has 0 saturated heterocycles. The van der Waals surface area contributed by atoms with Crippen LogP contribution in [0.2, 0.25) is 0 Å². The number of nitrogens with one attached hydrogen (secondary N) is 1. The zero-order valence-electron chi connectivity index (χ0n) is 20.7. The molecule has 1 fully saturated rings. The van der Waals surface area contributed by atoms with Crippen molar-refractivity contribution in [2.75, 3.05) is 11.9 Å². The Hall–Kier alpha value is -3.42. The van der Waals surface area contributed by atoms with Gasteiger partial charge in [0, 0.05) is 0 Å². The normalized spacial score (nSPS) is 15.1. The number of anilines is 1. The highest BCUT2D eigenvalue weighted by molar-refractivity contribution is 6.02. The number of fused-ring (bicyclic) bond motifs is 2. The summed E-state index contributed by atoms with van der Waals surface area (Å²) < 4.78 is 16.4. The van der Waals surface area contributed by atoms with Crippen LogP contribution in [0, 0.1) is 0 Å². The van der Waals surface area contributed by atoms with Crippen LogP contribution in [0.25, 0.3) is 22.1 Å². The van der Waals surface area contributed by atoms with Crippen molar-refractivity contribution >= 4 is 39.9 Å². The summed E-state index contributed by atoms with van der Waals surface area (Å²) in [6.45, 7) is 6.97. The van der Waals surface area contributed by atoms with Gasteiger partial charge in [-0.2, -0.15) is 4.98 Å². The maximum atomic E-state index is 13.5. The molecule has 8 nitrogen and oxygen atoms in total. The molecular weight excluding hydrogens is 448 g/mol. The highest BCUT2D eigenvalue weighted by Gasteiger charge is 2.24. The predicted octanol–water partition coefficient (Wildman–Crippen LogP) is 6.30. The average Bonchev–Trinajstić information content (AvgIpc) is 3.07. The van der Waals surface area contributed by atoms with Gasteiger partial charge in [0.05, 0.1) is 17.4 Å². The topological polar surface area (TPSA) is 108 Å². The smallest absolute Gasteiger partial charge is 0.413 e. The molecule has 0 bridgehead atoms. The van der Waals surface area contributed by atoms with E-state index >= 15 is 0 Å². The molecule has 186 valence electrons. The fourth-order valence-electron chi connectivity index (χ4n) is 4.53. The van der Waals surface area contributed by atoms with Gasteiger partial charge in [0.15, 0.2) is 5.82 Å². The molecule has 8 heteroatoms. The van der Waals surface area contributed by atoms with Crippen LogP contribution in [0.1, 0.15) is 88.1 Å². The van der Waals surface area contributed by atoms with E-state index in [1.807, 2.05) is 12.1 Å². The number of aromatic nitrogens is 1. The number of benzene rings is 1. The Morgan fingerprint density at radius 2 is 1.80 bits per heavy atom. The molecule has 1 aliphatic rings. The summed E-state index contributed by atoms with van der Waals surface area (Å²) in [5.74, 6) is -0.381. The number of carbonyl (C=O) groups excluding carboxylic acids is 2. The Morgan fingerprint density at radius 1 is 1.09 bits per heavy atom. The molecule has 1 N–H and O–H groups in total. The molecule has 2 heterocycles. The van der Waals surface area contributed by atoms with Gasteiger partial charge < -0.3 is 13.9 Å². The monoisotopic (exact) mass is 480 g/mol. The average molecular weight is 481 g/mol. The van der Waals surface area contributed by atoms with Crippen LogP contribution in [0.3, 0.4) is 0 Å². The molecule has 2 aromatic heterocycles. The van der Waals surface area contributed by atoms with Crippen molar-refractivity contribution in [2.24, 2.45) is 0 Å². The van der Waals surface area contributed by atoms with Crippen LogP contribution in [-0.4, -0.2) is 29.3 Å². The summed E-state index contributed by atoms with van der Waals surface area (Å²) >= 11 is 0. The van der Waals surface area contributed by atoms with Crippen molar-refractivity contribution in [3.63, 3.8) is 0 Å². The zero-order chi connectivity index (χ0) is 25.2. The number of ether oxygens (including phenoxy) is 2. The lowest BCUT2D eigenvalue weighted by Crippen LogP contribution is -2.28. The van der Waals surface area contributed by atoms with Gasteiger partial charge in [-0.15, -0.1) is 0 Å². The lowest BCUT2D eigenvalue weighted by molar-refractivity contribution is 0.0527. The second-order valence-electron chi connectivity index (χ2n) is 9.96. The molecule has 1 aliphatic carbocycles. The van der Waals surface area contributed by atoms with Crippen molar-refractivity contribution < 1.29 is 23.5 Å². The van der Waals surface area contributed by atoms with Crippen LogP contribution in [-0.2, 0) is 9.47 Å². The fraction of sp³-hybridized carbons (Fsp3) is 0.481. The third-order valence-corrected chi connectivity index (χ3v) is 6.13. The Morgan fingerprint density at radius 3 is 2.46 bits per heavy atom. The fourth-order valence-corrected chi connectivity index (χ4v) is 4.53. The quantitative estimate of drug-likeness (QED) is 0.265. The molecule has 0 radical (unpaired) electrons. The maximum Gasteiger partial charge on any atom is 0.413 e. The molecule has 4 rings (SSSR count). The van der Waals surface area contributed by atoms with E-state index in [0.29, 0.717) is 16.9 Å². The summed E-state index contributed by atoms with van der Waals surface area (Å²) in [5.41, 5.74) is 0.481. The van der Waals surface area contributed by atoms with Crippen molar-refractivity contribution in [1.82, 2.24) is 4.98 Å². The number of hydrogen-bond acceptors (Lipinski definition) is 7. The van der Waals surface area contributed by atoms with Gasteiger partial charge in [-0.05, 0) is 70.2 Å². The number of hydrogen-bond donors (Lipinski definition) is 1. The molecule has 0 aliphatic heterocycles. The molecule has 0 atom stereocenters. The van der Waals surface area contributed by atoms with Gasteiger partial charge in [-0.1, -0.05) is 31.7 Å². The third kappa shape index (κ3) is 5.63. The summed E-state index contributed by atoms with van der Waals surface area (Å²) in [7, 11) is 0. The first kappa shape index (κ1) is 24.7. The van der Waals surface area contributed by atoms with E-state index in [0.717, 1.165) is 18.4 Å². The Bertz CT molecular complexity index is 1310. The summed E-state index contributed by atoms with van der Waals surface area (Å²) in [6.07, 6.45) is 6.31. The van der Waals surface area contributed by atoms with Crippen molar-refractivity contribution in [1.29, 1.82) is 0 Å². The number of esters is 1. The maximum absolute atomic E-state index is 13.5. The van der Waals surface area contributed by atoms with Gasteiger partial charge in [-0.3, -0.25) is 10.1 Å². The van der Waals surface area contributed by atoms with E-state index < -0.39 is 17.7 Å². The number of rotatable bonds is 4. The van der Waals surface area contributed by atoms with Crippen LogP contribution < -0.4 is 10.7 Å². The number of amides is 1. The second kappa shape index (κ2) is 10.1. The van der Waals surface area contributed by atoms with E-state index in [-0.39, 0.29) is 34.5 Å². The second-order valence-corrected chi connectivity index (χ2v) is 9.96. The van der Waals surface area contributed by atoms with Gasteiger partial charge in [0.2, 0.25) is 11.1 Å². The first-order valence-corrected chi connectivity index (χ1v) is 12.2. The molecule has 0 unspecified atom stereocenters. The van der Waals surface area contributed by atoms with Gasteiger partial charge in [0.25, 0.3) is 0 Å². The minimum atomic E-state index is -0.786. The number of pyridine rings is 1. The van der Waals surface area contributed by atoms with Crippen LogP contribution in [0.5, 0.6) is 0 Å². The minimum Gasteiger partial charge on any atom is -0.462 e. The number of carbonyl (C=O) groups is 2. The number of nitrogens with zero attached hydrogens (tertiary/aromatic N) is 1. The summed E-state index contributed by atoms with van der Waals surface area (Å²) in [5, 5.41) is 3.08. The first-order valence-electron chi connectivity index (χ1n) is 12.2. The van der Waals surface area contributed by atoms with Crippen LogP contribution >= 0.6 is 0 Å². The molecule has 1 aromatic carbocycles. The van der Waals surface area contributed by atoms with Crippen molar-refractivity contribution in [3.05, 3.63) is 45.6 Å². The van der Waals surface area contributed by atoms with E-state index in [9.17, 15) is 14.4 Å². The molecule has 3 aromatic rings. The predicted molar refractivity (Wildman–Crippen MR) is 134 cm³/mol. The van der Waals surface area contributed by atoms with Crippen molar-refractivity contribution in [2.45, 2.75) is 77.7 Å². The highest BCUT2D eigenvalue weighted by Crippen LogP contribution is 2.33. The summed E-state index contributed by atoms with van der Waals surface area (Å²) in [6, 6.07) is 7.10. The van der Waals surface area contributed by atoms with Crippen molar-refractivity contribution in [3.8, 4) is 0 Å². The van der Waals surface area contributed by atoms with Crippen LogP contribution in [0.4, 0.5) is 10.6 Å². The van der Waals surface area contributed by atoms with E-state index in [2.05, 4.69) is 10.3 Å². The van der Waals surface area contributed by atoms with Gasteiger partial charge >= 0.3 is 12.1 Å². The molecule has 1 amide bonds. The molecule has 35 heavy (non-hydrogen) atoms. The van der Waals surface area contributed by atoms with Gasteiger partial charge in [-0.25, -0.2) is 9.59 Å². The zero-order valence-corrected chi connectivity index (χ0v) is 20.7. The Balaban J connectivity index is 1.81. The minimum absolute atomic E-state index is 0.0174.